The Bertz CT molecular complexity index is 1820. The van der Waals surface area contributed by atoms with Crippen LogP contribution in [-0.2, 0) is 18.3 Å². The summed E-state index contributed by atoms with van der Waals surface area (Å²) in [7, 11) is 5.44. The lowest BCUT2D eigenvalue weighted by molar-refractivity contribution is 0.0822. The number of fused-ring (bicyclic) bond motifs is 4. The van der Waals surface area contributed by atoms with Gasteiger partial charge in [0.15, 0.2) is 28.8 Å². The van der Waals surface area contributed by atoms with Crippen LogP contribution in [0.4, 0.5) is 5.00 Å². The first-order valence-electron chi connectivity index (χ1n) is 15.4. The first-order chi connectivity index (χ1) is 21.7. The number of nitrogens with two attached hydrogens (primary N) is 1. The van der Waals surface area contributed by atoms with E-state index in [1.165, 1.54) is 20.9 Å². The number of carbonyl (C=O) groups is 1. The number of likely N-dealkylation sites (tertiary alicyclic amines) is 1. The number of carbonyl (C=O) groups excluding carboxylic acids is 1. The van der Waals surface area contributed by atoms with Crippen LogP contribution in [0.3, 0.4) is 0 Å². The first kappa shape index (κ1) is 29.4. The van der Waals surface area contributed by atoms with Gasteiger partial charge in [0, 0.05) is 36.6 Å². The van der Waals surface area contributed by atoms with Crippen molar-refractivity contribution in [1.29, 1.82) is 5.26 Å². The number of amides is 1. The second-order valence-corrected chi connectivity index (χ2v) is 13.7. The van der Waals surface area contributed by atoms with Crippen LogP contribution in [0.5, 0.6) is 5.88 Å². The molecule has 7 rings (SSSR count). The van der Waals surface area contributed by atoms with Gasteiger partial charge >= 0.3 is 0 Å². The zero-order valence-electron chi connectivity index (χ0n) is 25.9. The van der Waals surface area contributed by atoms with Crippen molar-refractivity contribution in [3.63, 3.8) is 0 Å². The molecule has 3 atom stereocenters. The van der Waals surface area contributed by atoms with Gasteiger partial charge in [0.1, 0.15) is 17.2 Å². The third-order valence-electron chi connectivity index (χ3n) is 9.54. The van der Waals surface area contributed by atoms with E-state index in [2.05, 4.69) is 40.4 Å². The van der Waals surface area contributed by atoms with Gasteiger partial charge in [-0.25, -0.2) is 9.67 Å². The van der Waals surface area contributed by atoms with Crippen molar-refractivity contribution in [1.82, 2.24) is 39.9 Å². The molecule has 13 nitrogen and oxygen atoms in total. The number of anilines is 1. The highest BCUT2D eigenvalue weighted by molar-refractivity contribution is 7.16. The molecule has 0 bridgehead atoms. The molecule has 0 radical (unpaired) electrons. The van der Waals surface area contributed by atoms with E-state index in [1.54, 1.807) is 26.4 Å². The molecule has 0 saturated carbocycles. The summed E-state index contributed by atoms with van der Waals surface area (Å²) >= 11 is 1.52. The van der Waals surface area contributed by atoms with Crippen LogP contribution in [0.25, 0.3) is 17.3 Å². The van der Waals surface area contributed by atoms with Gasteiger partial charge in [0.2, 0.25) is 5.88 Å². The number of nitrogen functional groups attached to an aromatic ring is 1. The monoisotopic (exact) mass is 628 g/mol. The quantitative estimate of drug-likeness (QED) is 0.331. The van der Waals surface area contributed by atoms with Gasteiger partial charge in [-0.1, -0.05) is 10.4 Å². The minimum Gasteiger partial charge on any atom is -0.473 e. The summed E-state index contributed by atoms with van der Waals surface area (Å²) in [6.45, 7) is 3.08. The molecule has 4 aromatic rings. The zero-order chi connectivity index (χ0) is 31.5. The normalized spacial score (nSPS) is 21.7. The highest BCUT2D eigenvalue weighted by atomic mass is 32.1. The summed E-state index contributed by atoms with van der Waals surface area (Å²) in [6, 6.07) is 4.34. The van der Waals surface area contributed by atoms with E-state index >= 15 is 0 Å². The molecule has 4 aromatic heterocycles. The highest BCUT2D eigenvalue weighted by Crippen LogP contribution is 2.55. The topological polar surface area (TPSA) is 165 Å². The van der Waals surface area contributed by atoms with Crippen LogP contribution < -0.4 is 10.5 Å². The summed E-state index contributed by atoms with van der Waals surface area (Å²) in [6.07, 6.45) is 8.82. The molecular formula is C31H36N10O3S. The van der Waals surface area contributed by atoms with E-state index in [9.17, 15) is 10.1 Å². The third-order valence-corrected chi connectivity index (χ3v) is 10.6. The lowest BCUT2D eigenvalue weighted by Gasteiger charge is -2.39. The Morgan fingerprint density at radius 2 is 2.07 bits per heavy atom. The molecule has 0 unspecified atom stereocenters. The first-order valence-corrected chi connectivity index (χ1v) is 16.2. The molecular weight excluding hydrogens is 592 g/mol. The Hall–Kier alpha value is -4.35. The molecule has 1 aliphatic heterocycles. The molecule has 2 aliphatic carbocycles. The van der Waals surface area contributed by atoms with Crippen molar-refractivity contribution in [2.45, 2.75) is 75.9 Å². The predicted octanol–water partition coefficient (Wildman–Crippen LogP) is 3.75. The summed E-state index contributed by atoms with van der Waals surface area (Å²) < 4.78 is 14.1. The lowest BCUT2D eigenvalue weighted by Crippen LogP contribution is -2.38. The lowest BCUT2D eigenvalue weighted by atomic mass is 9.63. The van der Waals surface area contributed by atoms with Crippen LogP contribution >= 0.6 is 11.3 Å². The Kier molecular flexibility index (Phi) is 7.32. The Morgan fingerprint density at radius 3 is 2.80 bits per heavy atom. The van der Waals surface area contributed by atoms with E-state index in [4.69, 9.17) is 25.0 Å². The third kappa shape index (κ3) is 4.85. The van der Waals surface area contributed by atoms with Gasteiger partial charge in [-0.15, -0.1) is 16.4 Å². The largest absolute Gasteiger partial charge is 0.473 e. The van der Waals surface area contributed by atoms with Crippen molar-refractivity contribution in [2.75, 3.05) is 33.4 Å². The van der Waals surface area contributed by atoms with Gasteiger partial charge in [-0.2, -0.15) is 10.2 Å². The van der Waals surface area contributed by atoms with Gasteiger partial charge in [-0.3, -0.25) is 9.69 Å². The smallest absolute Gasteiger partial charge is 0.275 e. The molecule has 1 spiro atoms. The molecule has 234 valence electrons. The average molecular weight is 629 g/mol. The molecule has 1 amide bonds. The number of thiophene rings is 1. The number of likely N-dealkylation sites (N-methyl/N-ethyl adjacent to an activating group) is 1. The van der Waals surface area contributed by atoms with Crippen molar-refractivity contribution >= 4 is 22.2 Å². The molecule has 3 aliphatic rings. The number of hydrogen-bond donors (Lipinski definition) is 1. The second-order valence-electron chi connectivity index (χ2n) is 12.5. The summed E-state index contributed by atoms with van der Waals surface area (Å²) in [4.78, 5) is 27.2. The van der Waals surface area contributed by atoms with Crippen molar-refractivity contribution in [3.05, 3.63) is 45.3 Å². The molecule has 2 N–H and O–H groups in total. The molecule has 14 heteroatoms. The average Bonchev–Trinajstić information content (AvgIpc) is 3.82. The van der Waals surface area contributed by atoms with Crippen LogP contribution in [0.15, 0.2) is 16.8 Å². The van der Waals surface area contributed by atoms with Gasteiger partial charge < -0.3 is 19.9 Å². The van der Waals surface area contributed by atoms with E-state index < -0.39 is 5.41 Å². The minimum atomic E-state index is -0.461. The number of nitrogens with zero attached hydrogens (tertiary/aromatic N) is 9. The number of nitriles is 1. The fourth-order valence-electron chi connectivity index (χ4n) is 7.41. The van der Waals surface area contributed by atoms with Crippen LogP contribution in [0.1, 0.15) is 83.3 Å². The van der Waals surface area contributed by atoms with Crippen molar-refractivity contribution in [3.8, 4) is 29.3 Å². The summed E-state index contributed by atoms with van der Waals surface area (Å²) in [5.41, 5.74) is 9.12. The van der Waals surface area contributed by atoms with Crippen LogP contribution in [0.2, 0.25) is 0 Å². The van der Waals surface area contributed by atoms with Crippen LogP contribution in [-0.4, -0.2) is 85.7 Å². The SMILES string of the molecule is C[C@H](Oc1cc(-n2cc(C(=O)N(C)C)nn2)nc(-c2noc3c2CCC[C@@]32CCCc3sc(N)c(C#N)c32)n1)[C@@H]1CCCN1C. The van der Waals surface area contributed by atoms with Gasteiger partial charge in [-0.05, 0) is 77.4 Å². The summed E-state index contributed by atoms with van der Waals surface area (Å²) in [5, 5.41) is 23.5. The fourth-order valence-corrected chi connectivity index (χ4v) is 8.58. The fraction of sp³-hybridized carbons (Fsp3) is 0.516. The van der Waals surface area contributed by atoms with Crippen molar-refractivity contribution < 1.29 is 14.1 Å². The molecule has 0 aromatic carbocycles. The second kappa shape index (κ2) is 11.2. The standard InChI is InChI=1S/C31H36N10O3S/c1-17(21-9-7-13-40(21)4)43-24-14-23(41-16-20(36-38-41)30(42)39(2)3)34-29(35-24)26-18-8-5-11-31(27(18)44-37-26)12-6-10-22-25(31)19(15-32)28(33)45-22/h14,16-17,21H,5-13,33H2,1-4H3/t17-,21-,31-/m0/s1. The van der Waals surface area contributed by atoms with Crippen molar-refractivity contribution in [2.24, 2.45) is 0 Å². The molecule has 45 heavy (non-hydrogen) atoms. The molecule has 1 fully saturated rings. The Labute approximate surface area is 265 Å². The zero-order valence-corrected chi connectivity index (χ0v) is 26.7. The van der Waals surface area contributed by atoms with E-state index in [0.29, 0.717) is 33.8 Å². The number of aromatic nitrogens is 6. The molecule has 5 heterocycles. The Morgan fingerprint density at radius 1 is 1.27 bits per heavy atom. The highest BCUT2D eigenvalue weighted by Gasteiger charge is 2.49. The number of aryl methyl sites for hydroxylation is 1. The maximum Gasteiger partial charge on any atom is 0.275 e. The maximum atomic E-state index is 12.6. The predicted molar refractivity (Wildman–Crippen MR) is 166 cm³/mol. The van der Waals surface area contributed by atoms with E-state index in [1.807, 2.05) is 0 Å². The minimum absolute atomic E-state index is 0.127. The maximum absolute atomic E-state index is 12.6. The van der Waals surface area contributed by atoms with Gasteiger partial charge in [0.25, 0.3) is 5.91 Å². The van der Waals surface area contributed by atoms with E-state index in [0.717, 1.165) is 79.7 Å². The number of hydrogen-bond acceptors (Lipinski definition) is 12. The summed E-state index contributed by atoms with van der Waals surface area (Å²) in [5.74, 6) is 1.62. The molecule has 1 saturated heterocycles. The number of ether oxygens (including phenoxy) is 1. The van der Waals surface area contributed by atoms with Gasteiger partial charge in [0.05, 0.1) is 17.2 Å². The van der Waals surface area contributed by atoms with Crippen LogP contribution in [0, 0.1) is 11.3 Å². The number of rotatable bonds is 6. The Balaban J connectivity index is 1.33. The van der Waals surface area contributed by atoms with E-state index in [-0.39, 0.29) is 23.7 Å².